The molecule has 25 heavy (non-hydrogen) atoms. The van der Waals surface area contributed by atoms with Gasteiger partial charge in [-0.25, -0.2) is 0 Å². The minimum Gasteiger partial charge on any atom is -0.497 e. The molecule has 2 N–H and O–H groups in total. The Labute approximate surface area is 152 Å². The van der Waals surface area contributed by atoms with Gasteiger partial charge in [-0.2, -0.15) is 0 Å². The predicted octanol–water partition coefficient (Wildman–Crippen LogP) is 3.78. The van der Waals surface area contributed by atoms with E-state index >= 15 is 0 Å². The average Bonchev–Trinajstić information content (AvgIpc) is 3.32. The Balaban J connectivity index is 2.28. The van der Waals surface area contributed by atoms with Crippen LogP contribution in [0.15, 0.2) is 12.1 Å². The van der Waals surface area contributed by atoms with Gasteiger partial charge in [0.25, 0.3) is 0 Å². The summed E-state index contributed by atoms with van der Waals surface area (Å²) in [5, 5.41) is 13.6. The molecule has 0 amide bonds. The van der Waals surface area contributed by atoms with Gasteiger partial charge < -0.3 is 19.9 Å². The van der Waals surface area contributed by atoms with Gasteiger partial charge in [-0.3, -0.25) is 0 Å². The van der Waals surface area contributed by atoms with Crippen LogP contribution in [0.1, 0.15) is 65.5 Å². The van der Waals surface area contributed by atoms with E-state index in [-0.39, 0.29) is 17.4 Å². The number of aliphatic hydroxyl groups is 1. The number of nitrogens with one attached hydrogen (secondary N) is 1. The normalized spacial score (nSPS) is 16.6. The summed E-state index contributed by atoms with van der Waals surface area (Å²) >= 11 is 0. The van der Waals surface area contributed by atoms with Crippen LogP contribution in [0.5, 0.6) is 11.5 Å². The molecular formula is C21H35NO3. The zero-order valence-electron chi connectivity index (χ0n) is 16.9. The van der Waals surface area contributed by atoms with E-state index in [1.807, 2.05) is 0 Å². The van der Waals surface area contributed by atoms with Crippen LogP contribution in [0.4, 0.5) is 0 Å². The molecule has 0 heterocycles. The first-order chi connectivity index (χ1) is 11.5. The van der Waals surface area contributed by atoms with Crippen LogP contribution in [0.2, 0.25) is 0 Å². The highest BCUT2D eigenvalue weighted by atomic mass is 16.5. The lowest BCUT2D eigenvalue weighted by atomic mass is 9.79. The second kappa shape index (κ2) is 7.55. The third-order valence-electron chi connectivity index (χ3n) is 4.55. The molecule has 0 aromatic heterocycles. The zero-order valence-corrected chi connectivity index (χ0v) is 16.9. The topological polar surface area (TPSA) is 50.7 Å². The smallest absolute Gasteiger partial charge is 0.127 e. The first kappa shape index (κ1) is 20.1. The van der Waals surface area contributed by atoms with E-state index in [9.17, 15) is 5.11 Å². The number of hydrogen-bond acceptors (Lipinski definition) is 4. The maximum Gasteiger partial charge on any atom is 0.127 e. The molecule has 142 valence electrons. The quantitative estimate of drug-likeness (QED) is 0.786. The van der Waals surface area contributed by atoms with Crippen LogP contribution in [-0.2, 0) is 10.8 Å². The van der Waals surface area contributed by atoms with Gasteiger partial charge in [-0.05, 0) is 35.8 Å². The lowest BCUT2D eigenvalue weighted by Gasteiger charge is -2.30. The third-order valence-corrected chi connectivity index (χ3v) is 4.55. The maximum atomic E-state index is 10.3. The highest BCUT2D eigenvalue weighted by Gasteiger charge is 2.29. The summed E-state index contributed by atoms with van der Waals surface area (Å²) in [5.74, 6) is 1.73. The summed E-state index contributed by atoms with van der Waals surface area (Å²) in [6.07, 6.45) is 1.92. The highest BCUT2D eigenvalue weighted by molar-refractivity contribution is 5.52. The summed E-state index contributed by atoms with van der Waals surface area (Å²) in [4.78, 5) is 0. The van der Waals surface area contributed by atoms with E-state index in [1.165, 1.54) is 12.8 Å². The molecule has 0 spiro atoms. The molecule has 2 rings (SSSR count). The molecule has 1 saturated carbocycles. The van der Waals surface area contributed by atoms with Crippen LogP contribution in [0, 0.1) is 0 Å². The van der Waals surface area contributed by atoms with E-state index < -0.39 is 6.10 Å². The Morgan fingerprint density at radius 3 is 2.00 bits per heavy atom. The fraction of sp³-hybridized carbons (Fsp3) is 0.714. The van der Waals surface area contributed by atoms with E-state index in [0.29, 0.717) is 12.6 Å². The molecule has 4 heteroatoms. The number of rotatable bonds is 7. The van der Waals surface area contributed by atoms with E-state index in [2.05, 4.69) is 59.0 Å². The summed E-state index contributed by atoms with van der Waals surface area (Å²) in [7, 11) is 1.70. The fourth-order valence-corrected chi connectivity index (χ4v) is 2.82. The van der Waals surface area contributed by atoms with Crippen molar-refractivity contribution in [2.24, 2.45) is 0 Å². The minimum atomic E-state index is -0.511. The van der Waals surface area contributed by atoms with Crippen LogP contribution in [0.3, 0.4) is 0 Å². The van der Waals surface area contributed by atoms with Gasteiger partial charge in [0.05, 0.1) is 7.11 Å². The van der Waals surface area contributed by atoms with E-state index in [1.54, 1.807) is 7.11 Å². The van der Waals surface area contributed by atoms with Crippen LogP contribution < -0.4 is 14.8 Å². The number of hydrogen-bond donors (Lipinski definition) is 2. The van der Waals surface area contributed by atoms with Crippen LogP contribution in [-0.4, -0.2) is 37.5 Å². The lowest BCUT2D eigenvalue weighted by molar-refractivity contribution is 0.104. The van der Waals surface area contributed by atoms with Crippen molar-refractivity contribution in [1.29, 1.82) is 0 Å². The highest BCUT2D eigenvalue weighted by Crippen LogP contribution is 2.42. The summed E-state index contributed by atoms with van der Waals surface area (Å²) in [6.45, 7) is 13.9. The van der Waals surface area contributed by atoms with Crippen LogP contribution in [0.25, 0.3) is 0 Å². The van der Waals surface area contributed by atoms with Crippen molar-refractivity contribution >= 4 is 0 Å². The van der Waals surface area contributed by atoms with Crippen molar-refractivity contribution in [3.63, 3.8) is 0 Å². The number of aliphatic hydroxyl groups excluding tert-OH is 1. The molecular weight excluding hydrogens is 314 g/mol. The Hall–Kier alpha value is -1.26. The zero-order chi connectivity index (χ0) is 18.8. The molecule has 1 aliphatic carbocycles. The van der Waals surface area contributed by atoms with Crippen molar-refractivity contribution in [1.82, 2.24) is 5.32 Å². The van der Waals surface area contributed by atoms with Gasteiger partial charge in [0.1, 0.15) is 24.2 Å². The first-order valence-electron chi connectivity index (χ1n) is 9.29. The number of benzene rings is 1. The second-order valence-corrected chi connectivity index (χ2v) is 9.20. The van der Waals surface area contributed by atoms with Gasteiger partial charge in [-0.1, -0.05) is 41.5 Å². The summed E-state index contributed by atoms with van der Waals surface area (Å²) in [5.41, 5.74) is 2.06. The molecule has 1 aromatic carbocycles. The van der Waals surface area contributed by atoms with Crippen molar-refractivity contribution in [3.8, 4) is 11.5 Å². The van der Waals surface area contributed by atoms with Crippen molar-refractivity contribution in [2.75, 3.05) is 20.3 Å². The van der Waals surface area contributed by atoms with E-state index in [4.69, 9.17) is 9.47 Å². The van der Waals surface area contributed by atoms with Crippen molar-refractivity contribution in [2.45, 2.75) is 77.4 Å². The monoisotopic (exact) mass is 349 g/mol. The Morgan fingerprint density at radius 2 is 1.60 bits per heavy atom. The van der Waals surface area contributed by atoms with E-state index in [0.717, 1.165) is 22.6 Å². The average molecular weight is 350 g/mol. The van der Waals surface area contributed by atoms with Crippen LogP contribution >= 0.6 is 0 Å². The molecule has 1 aromatic rings. The molecule has 1 aliphatic rings. The van der Waals surface area contributed by atoms with Crippen molar-refractivity contribution < 1.29 is 14.6 Å². The SMILES string of the molecule is COc1cc(C(C)(C)C)c(OCC(O)CNC2CC2)c(C(C)(C)C)c1. The molecule has 1 fully saturated rings. The Bertz CT molecular complexity index is 545. The van der Waals surface area contributed by atoms with Crippen molar-refractivity contribution in [3.05, 3.63) is 23.3 Å². The fourth-order valence-electron chi connectivity index (χ4n) is 2.82. The van der Waals surface area contributed by atoms with Gasteiger partial charge in [0.15, 0.2) is 0 Å². The Morgan fingerprint density at radius 1 is 1.08 bits per heavy atom. The number of ether oxygens (including phenoxy) is 2. The first-order valence-corrected chi connectivity index (χ1v) is 9.29. The minimum absolute atomic E-state index is 0.0823. The van der Waals surface area contributed by atoms with Gasteiger partial charge in [-0.15, -0.1) is 0 Å². The molecule has 1 unspecified atom stereocenters. The van der Waals surface area contributed by atoms with Gasteiger partial charge >= 0.3 is 0 Å². The van der Waals surface area contributed by atoms with Gasteiger partial charge in [0, 0.05) is 23.7 Å². The number of methoxy groups -OCH3 is 1. The molecule has 0 bridgehead atoms. The van der Waals surface area contributed by atoms with Gasteiger partial charge in [0.2, 0.25) is 0 Å². The largest absolute Gasteiger partial charge is 0.497 e. The summed E-state index contributed by atoms with van der Waals surface area (Å²) in [6, 6.07) is 4.70. The maximum absolute atomic E-state index is 10.3. The molecule has 4 nitrogen and oxygen atoms in total. The molecule has 1 atom stereocenters. The standard InChI is InChI=1S/C21H35NO3/c1-20(2,3)17-10-16(24-7)11-18(21(4,5)6)19(17)25-13-15(23)12-22-14-8-9-14/h10-11,14-15,22-23H,8-9,12-13H2,1-7H3. The Kier molecular flexibility index (Phi) is 6.05. The summed E-state index contributed by atoms with van der Waals surface area (Å²) < 4.78 is 11.7. The predicted molar refractivity (Wildman–Crippen MR) is 103 cm³/mol. The molecule has 0 radical (unpaired) electrons. The molecule has 0 saturated heterocycles. The second-order valence-electron chi connectivity index (χ2n) is 9.20. The lowest BCUT2D eigenvalue weighted by Crippen LogP contribution is -2.33. The third kappa shape index (κ3) is 5.61. The molecule has 0 aliphatic heterocycles.